The fraction of sp³-hybridized carbons (Fsp3) is 0.294. The molecule has 6 nitrogen and oxygen atoms in total. The van der Waals surface area contributed by atoms with Crippen LogP contribution in [-0.4, -0.2) is 24.6 Å². The first-order valence-corrected chi connectivity index (χ1v) is 7.60. The molecule has 0 atom stereocenters. The Morgan fingerprint density at radius 3 is 2.52 bits per heavy atom. The average Bonchev–Trinajstić information content (AvgIpc) is 2.56. The van der Waals surface area contributed by atoms with Crippen molar-refractivity contribution in [3.8, 4) is 5.75 Å². The molecule has 6 heteroatoms. The Bertz CT molecular complexity index is 629. The fourth-order valence-electron chi connectivity index (χ4n) is 2.17. The summed E-state index contributed by atoms with van der Waals surface area (Å²) >= 11 is 0. The van der Waals surface area contributed by atoms with Crippen LogP contribution in [0, 0.1) is 10.1 Å². The molecule has 23 heavy (non-hydrogen) atoms. The molecule has 0 saturated heterocycles. The maximum absolute atomic E-state index is 10.6. The van der Waals surface area contributed by atoms with E-state index in [9.17, 15) is 10.1 Å². The van der Waals surface area contributed by atoms with Gasteiger partial charge in [-0.2, -0.15) is 0 Å². The molecular weight excluding hydrogens is 294 g/mol. The second-order valence-electron chi connectivity index (χ2n) is 4.95. The van der Waals surface area contributed by atoms with Crippen LogP contribution < -0.4 is 15.4 Å². The Balaban J connectivity index is 1.72. The van der Waals surface area contributed by atoms with Crippen LogP contribution in [-0.2, 0) is 6.54 Å². The van der Waals surface area contributed by atoms with Crippen molar-refractivity contribution in [2.24, 2.45) is 0 Å². The Kier molecular flexibility index (Phi) is 6.38. The number of nitrogens with zero attached hydrogens (tertiary/aromatic N) is 1. The maximum Gasteiger partial charge on any atom is 0.269 e. The van der Waals surface area contributed by atoms with Crippen LogP contribution in [0.15, 0.2) is 48.5 Å². The van der Waals surface area contributed by atoms with Crippen LogP contribution in [0.4, 0.5) is 11.4 Å². The van der Waals surface area contributed by atoms with E-state index in [4.69, 9.17) is 4.74 Å². The molecule has 122 valence electrons. The summed E-state index contributed by atoms with van der Waals surface area (Å²) in [6.07, 6.45) is 0. The third kappa shape index (κ3) is 5.27. The lowest BCUT2D eigenvalue weighted by atomic mass is 10.2. The number of ether oxygens (including phenoxy) is 1. The highest BCUT2D eigenvalue weighted by atomic mass is 16.6. The Hall–Kier alpha value is -2.60. The third-order valence-corrected chi connectivity index (χ3v) is 3.30. The van der Waals surface area contributed by atoms with Gasteiger partial charge in [0.1, 0.15) is 5.75 Å². The average molecular weight is 315 g/mol. The molecule has 0 aliphatic carbocycles. The molecule has 2 rings (SSSR count). The van der Waals surface area contributed by atoms with Gasteiger partial charge in [0.15, 0.2) is 0 Å². The predicted octanol–water partition coefficient (Wildman–Crippen LogP) is 3.20. The number of para-hydroxylation sites is 1. The van der Waals surface area contributed by atoms with E-state index in [-0.39, 0.29) is 5.69 Å². The zero-order valence-corrected chi connectivity index (χ0v) is 13.1. The normalized spacial score (nSPS) is 10.3. The van der Waals surface area contributed by atoms with E-state index in [0.29, 0.717) is 6.61 Å². The van der Waals surface area contributed by atoms with E-state index in [1.165, 1.54) is 12.1 Å². The third-order valence-electron chi connectivity index (χ3n) is 3.30. The van der Waals surface area contributed by atoms with Crippen LogP contribution >= 0.6 is 0 Å². The second-order valence-corrected chi connectivity index (χ2v) is 4.95. The number of rotatable bonds is 9. The Morgan fingerprint density at radius 2 is 1.83 bits per heavy atom. The van der Waals surface area contributed by atoms with E-state index < -0.39 is 4.92 Å². The highest BCUT2D eigenvalue weighted by Gasteiger charge is 2.04. The number of anilines is 1. The van der Waals surface area contributed by atoms with Crippen LogP contribution in [0.2, 0.25) is 0 Å². The summed E-state index contributed by atoms with van der Waals surface area (Å²) < 4.78 is 5.58. The summed E-state index contributed by atoms with van der Waals surface area (Å²) in [6, 6.07) is 14.4. The molecule has 0 unspecified atom stereocenters. The first kappa shape index (κ1) is 16.8. The molecule has 0 bridgehead atoms. The summed E-state index contributed by atoms with van der Waals surface area (Å²) in [6.45, 7) is 4.86. The summed E-state index contributed by atoms with van der Waals surface area (Å²) in [7, 11) is 0. The van der Waals surface area contributed by atoms with E-state index >= 15 is 0 Å². The van der Waals surface area contributed by atoms with Gasteiger partial charge >= 0.3 is 0 Å². The van der Waals surface area contributed by atoms with Crippen LogP contribution in [0.5, 0.6) is 5.75 Å². The number of non-ortho nitro benzene ring substituents is 1. The molecule has 0 spiro atoms. The molecule has 0 aliphatic heterocycles. The number of nitrogens with one attached hydrogen (secondary N) is 2. The van der Waals surface area contributed by atoms with Crippen molar-refractivity contribution in [1.29, 1.82) is 0 Å². The molecule has 2 N–H and O–H groups in total. The largest absolute Gasteiger partial charge is 0.494 e. The fourth-order valence-corrected chi connectivity index (χ4v) is 2.17. The minimum Gasteiger partial charge on any atom is -0.494 e. The minimum absolute atomic E-state index is 0.0983. The number of hydrogen-bond donors (Lipinski definition) is 2. The van der Waals surface area contributed by atoms with E-state index in [1.54, 1.807) is 12.1 Å². The molecule has 2 aromatic rings. The molecule has 0 saturated carbocycles. The molecule has 0 heterocycles. The molecule has 0 fully saturated rings. The minimum atomic E-state index is -0.402. The molecule has 0 aliphatic rings. The maximum atomic E-state index is 10.6. The van der Waals surface area contributed by atoms with Gasteiger partial charge in [-0.15, -0.1) is 0 Å². The monoisotopic (exact) mass is 315 g/mol. The highest BCUT2D eigenvalue weighted by Crippen LogP contribution is 2.17. The van der Waals surface area contributed by atoms with E-state index in [0.717, 1.165) is 36.6 Å². The van der Waals surface area contributed by atoms with E-state index in [2.05, 4.69) is 10.6 Å². The van der Waals surface area contributed by atoms with Gasteiger partial charge in [0.25, 0.3) is 5.69 Å². The van der Waals surface area contributed by atoms with Crippen molar-refractivity contribution in [1.82, 2.24) is 5.32 Å². The second kappa shape index (κ2) is 8.75. The summed E-state index contributed by atoms with van der Waals surface area (Å²) in [5, 5.41) is 17.2. The molecule has 0 amide bonds. The van der Waals surface area contributed by atoms with Gasteiger partial charge in [0, 0.05) is 43.0 Å². The van der Waals surface area contributed by atoms with Crippen molar-refractivity contribution in [2.75, 3.05) is 25.0 Å². The highest BCUT2D eigenvalue weighted by molar-refractivity contribution is 5.48. The first-order valence-electron chi connectivity index (χ1n) is 7.60. The number of nitro groups is 1. The summed E-state index contributed by atoms with van der Waals surface area (Å²) in [4.78, 5) is 10.2. The summed E-state index contributed by atoms with van der Waals surface area (Å²) in [5.41, 5.74) is 2.10. The van der Waals surface area contributed by atoms with Crippen LogP contribution in [0.25, 0.3) is 0 Å². The van der Waals surface area contributed by atoms with Crippen molar-refractivity contribution >= 4 is 11.4 Å². The van der Waals surface area contributed by atoms with Gasteiger partial charge in [-0.05, 0) is 25.1 Å². The zero-order valence-electron chi connectivity index (χ0n) is 13.1. The van der Waals surface area contributed by atoms with Gasteiger partial charge in [-0.3, -0.25) is 10.1 Å². The predicted molar refractivity (Wildman–Crippen MR) is 90.9 cm³/mol. The molecule has 0 radical (unpaired) electrons. The topological polar surface area (TPSA) is 76.4 Å². The number of nitro benzene ring substituents is 1. The number of benzene rings is 2. The van der Waals surface area contributed by atoms with Crippen molar-refractivity contribution < 1.29 is 9.66 Å². The van der Waals surface area contributed by atoms with Gasteiger partial charge in [-0.1, -0.05) is 18.2 Å². The lowest BCUT2D eigenvalue weighted by Gasteiger charge is -2.11. The quantitative estimate of drug-likeness (QED) is 0.422. The zero-order chi connectivity index (χ0) is 16.5. The van der Waals surface area contributed by atoms with E-state index in [1.807, 2.05) is 31.2 Å². The van der Waals surface area contributed by atoms with Gasteiger partial charge in [0.05, 0.1) is 11.5 Å². The lowest BCUT2D eigenvalue weighted by Crippen LogP contribution is -2.22. The Morgan fingerprint density at radius 1 is 1.09 bits per heavy atom. The van der Waals surface area contributed by atoms with Crippen LogP contribution in [0.3, 0.4) is 0 Å². The van der Waals surface area contributed by atoms with Gasteiger partial charge in [-0.25, -0.2) is 0 Å². The van der Waals surface area contributed by atoms with Gasteiger partial charge in [0.2, 0.25) is 0 Å². The first-order chi connectivity index (χ1) is 11.2. The van der Waals surface area contributed by atoms with Crippen molar-refractivity contribution in [3.63, 3.8) is 0 Å². The lowest BCUT2D eigenvalue weighted by molar-refractivity contribution is -0.384. The van der Waals surface area contributed by atoms with Gasteiger partial charge < -0.3 is 15.4 Å². The van der Waals surface area contributed by atoms with Crippen LogP contribution in [0.1, 0.15) is 12.5 Å². The number of hydrogen-bond acceptors (Lipinski definition) is 5. The standard InChI is InChI=1S/C17H21N3O3/c1-2-23-17-6-4-3-5-14(17)13-18-11-12-19-15-7-9-16(10-8-15)20(21)22/h3-10,18-19H,2,11-13H2,1H3. The molecule has 2 aromatic carbocycles. The molecule has 0 aromatic heterocycles. The summed E-state index contributed by atoms with van der Waals surface area (Å²) in [5.74, 6) is 0.908. The van der Waals surface area contributed by atoms with Crippen molar-refractivity contribution in [3.05, 3.63) is 64.2 Å². The molecular formula is C17H21N3O3. The SMILES string of the molecule is CCOc1ccccc1CNCCNc1ccc([N+](=O)[O-])cc1. The Labute approximate surface area is 135 Å². The smallest absolute Gasteiger partial charge is 0.269 e. The van der Waals surface area contributed by atoms with Crippen molar-refractivity contribution in [2.45, 2.75) is 13.5 Å².